The van der Waals surface area contributed by atoms with Crippen LogP contribution in [0, 0.1) is 5.41 Å². The molecule has 7 rings (SSSR count). The predicted molar refractivity (Wildman–Crippen MR) is 186 cm³/mol. The number of H-pyrrole nitrogens is 1. The molecule has 0 spiro atoms. The number of hydrogen-bond acceptors (Lipinski definition) is 7. The topological polar surface area (TPSA) is 73.9 Å². The van der Waals surface area contributed by atoms with Crippen LogP contribution >= 0.6 is 11.6 Å². The number of piperazine rings is 1. The molecule has 2 aromatic heterocycles. The number of benzene rings is 2. The Kier molecular flexibility index (Phi) is 8.19. The lowest BCUT2D eigenvalue weighted by atomic mass is 9.72. The van der Waals surface area contributed by atoms with Gasteiger partial charge in [-0.05, 0) is 85.2 Å². The number of halogens is 1. The van der Waals surface area contributed by atoms with Crippen LogP contribution < -0.4 is 14.5 Å². The van der Waals surface area contributed by atoms with Crippen molar-refractivity contribution in [3.05, 3.63) is 82.5 Å². The first-order chi connectivity index (χ1) is 22.2. The van der Waals surface area contributed by atoms with Crippen molar-refractivity contribution >= 4 is 51.2 Å². The van der Waals surface area contributed by atoms with E-state index in [0.717, 1.165) is 78.7 Å². The first kappa shape index (κ1) is 30.6. The Hall–Kier alpha value is -4.01. The number of anilines is 3. The number of carbonyl (C=O) groups excluding carboxylic acids is 1. The number of nitrogens with zero attached hydrogens (tertiary/aromatic N) is 4. The van der Waals surface area contributed by atoms with Gasteiger partial charge in [0.2, 0.25) is 5.88 Å². The Bertz CT molecular complexity index is 1790. The molecule has 46 heavy (non-hydrogen) atoms. The number of methoxy groups -OCH3 is 1. The van der Waals surface area contributed by atoms with Gasteiger partial charge >= 0.3 is 5.97 Å². The molecule has 1 aliphatic carbocycles. The maximum atomic E-state index is 13.0. The van der Waals surface area contributed by atoms with Gasteiger partial charge in [0, 0.05) is 55.0 Å². The van der Waals surface area contributed by atoms with Crippen molar-refractivity contribution in [3.63, 3.8) is 0 Å². The van der Waals surface area contributed by atoms with Crippen LogP contribution in [0.5, 0.6) is 5.88 Å². The molecular formula is C37H42ClN5O3. The van der Waals surface area contributed by atoms with Crippen LogP contribution in [0.2, 0.25) is 5.02 Å². The van der Waals surface area contributed by atoms with Gasteiger partial charge in [-0.15, -0.1) is 0 Å². The molecule has 0 amide bonds. The standard InChI is InChI=1S/C37H42ClN5O3/c1-24-22-43(33-19-26-12-14-39-34(26)40-35(33)46-24)32-20-29(9-10-30(32)36(44)45-4)42-17-15-41(16-18-42)23-27-11-13-37(2,3)21-31(27)25-5-7-28(38)8-6-25/h5-10,12,14,19-20,24H,11,13,15-18,21-23H2,1-4H3,(H,39,40)/t24-/m1/s1. The van der Waals surface area contributed by atoms with Gasteiger partial charge in [0.05, 0.1) is 24.9 Å². The first-order valence-corrected chi connectivity index (χ1v) is 16.6. The summed E-state index contributed by atoms with van der Waals surface area (Å²) in [6, 6.07) is 18.5. The van der Waals surface area contributed by atoms with Gasteiger partial charge in [-0.1, -0.05) is 43.2 Å². The molecular weight excluding hydrogens is 598 g/mol. The molecule has 2 aromatic carbocycles. The van der Waals surface area contributed by atoms with Crippen LogP contribution in [0.4, 0.5) is 17.1 Å². The lowest BCUT2D eigenvalue weighted by Crippen LogP contribution is -2.47. The van der Waals surface area contributed by atoms with Crippen molar-refractivity contribution in [2.24, 2.45) is 5.41 Å². The van der Waals surface area contributed by atoms with E-state index in [1.54, 1.807) is 5.57 Å². The van der Waals surface area contributed by atoms with Crippen molar-refractivity contribution in [1.82, 2.24) is 14.9 Å². The molecule has 4 aromatic rings. The highest BCUT2D eigenvalue weighted by Gasteiger charge is 2.32. The first-order valence-electron chi connectivity index (χ1n) is 16.3. The average molecular weight is 640 g/mol. The van der Waals surface area contributed by atoms with E-state index in [4.69, 9.17) is 26.1 Å². The molecule has 1 saturated heterocycles. The molecule has 0 bridgehead atoms. The monoisotopic (exact) mass is 639 g/mol. The summed E-state index contributed by atoms with van der Waals surface area (Å²) < 4.78 is 11.4. The molecule has 1 N–H and O–H groups in total. The van der Waals surface area contributed by atoms with Crippen molar-refractivity contribution in [1.29, 1.82) is 0 Å². The fourth-order valence-electron chi connectivity index (χ4n) is 7.17. The fraction of sp³-hybridized carbons (Fsp3) is 0.405. The normalized spacial score (nSPS) is 20.1. The summed E-state index contributed by atoms with van der Waals surface area (Å²) in [5.41, 5.74) is 8.71. The molecule has 240 valence electrons. The highest BCUT2D eigenvalue weighted by atomic mass is 35.5. The maximum absolute atomic E-state index is 13.0. The van der Waals surface area contributed by atoms with Gasteiger partial charge in [-0.3, -0.25) is 4.90 Å². The number of pyridine rings is 1. The number of nitrogens with one attached hydrogen (secondary N) is 1. The number of rotatable bonds is 6. The number of aromatic amines is 1. The molecule has 1 atom stereocenters. The summed E-state index contributed by atoms with van der Waals surface area (Å²) in [5, 5.41) is 1.77. The zero-order valence-electron chi connectivity index (χ0n) is 27.1. The molecule has 3 aliphatic rings. The average Bonchev–Trinajstić information content (AvgIpc) is 3.51. The third-order valence-electron chi connectivity index (χ3n) is 9.73. The van der Waals surface area contributed by atoms with E-state index in [1.807, 2.05) is 43.5 Å². The summed E-state index contributed by atoms with van der Waals surface area (Å²) in [6.45, 7) is 12.1. The van der Waals surface area contributed by atoms with E-state index >= 15 is 0 Å². The third-order valence-corrected chi connectivity index (χ3v) is 9.98. The summed E-state index contributed by atoms with van der Waals surface area (Å²) in [5.74, 6) is 0.199. The number of fused-ring (bicyclic) bond motifs is 2. The number of esters is 1. The Morgan fingerprint density at radius 1 is 1.07 bits per heavy atom. The number of allylic oxidation sites excluding steroid dienone is 1. The largest absolute Gasteiger partial charge is 0.471 e. The van der Waals surface area contributed by atoms with Gasteiger partial charge < -0.3 is 24.3 Å². The van der Waals surface area contributed by atoms with Crippen LogP contribution in [-0.2, 0) is 4.74 Å². The van der Waals surface area contributed by atoms with Crippen LogP contribution in [-0.4, -0.2) is 73.3 Å². The summed E-state index contributed by atoms with van der Waals surface area (Å²) in [6.07, 6.45) is 5.20. The quantitative estimate of drug-likeness (QED) is 0.217. The van der Waals surface area contributed by atoms with E-state index in [-0.39, 0.29) is 12.1 Å². The van der Waals surface area contributed by atoms with Crippen molar-refractivity contribution < 1.29 is 14.3 Å². The number of aromatic nitrogens is 2. The molecule has 4 heterocycles. The number of hydrogen-bond donors (Lipinski definition) is 1. The Balaban J connectivity index is 1.13. The van der Waals surface area contributed by atoms with E-state index in [1.165, 1.54) is 24.7 Å². The van der Waals surface area contributed by atoms with Crippen molar-refractivity contribution in [2.75, 3.05) is 56.2 Å². The van der Waals surface area contributed by atoms with E-state index < -0.39 is 0 Å². The van der Waals surface area contributed by atoms with Crippen LogP contribution in [0.15, 0.2) is 66.4 Å². The molecule has 0 radical (unpaired) electrons. The van der Waals surface area contributed by atoms with Gasteiger partial charge in [-0.25, -0.2) is 4.79 Å². The maximum Gasteiger partial charge on any atom is 0.339 e. The minimum atomic E-state index is -0.358. The van der Waals surface area contributed by atoms with E-state index in [2.05, 4.69) is 57.8 Å². The minimum absolute atomic E-state index is 0.109. The lowest BCUT2D eigenvalue weighted by Gasteiger charge is -2.40. The Labute approximate surface area is 275 Å². The second-order valence-corrected chi connectivity index (χ2v) is 14.1. The highest BCUT2D eigenvalue weighted by molar-refractivity contribution is 6.30. The van der Waals surface area contributed by atoms with Gasteiger partial charge in [0.25, 0.3) is 0 Å². The molecule has 9 heteroatoms. The van der Waals surface area contributed by atoms with Crippen molar-refractivity contribution in [2.45, 2.75) is 46.1 Å². The second-order valence-electron chi connectivity index (χ2n) is 13.7. The predicted octanol–water partition coefficient (Wildman–Crippen LogP) is 7.71. The number of ether oxygens (including phenoxy) is 2. The molecule has 2 aliphatic heterocycles. The molecule has 0 saturated carbocycles. The zero-order chi connectivity index (χ0) is 32.0. The fourth-order valence-corrected chi connectivity index (χ4v) is 7.29. The van der Waals surface area contributed by atoms with Gasteiger partial charge in [0.1, 0.15) is 17.4 Å². The zero-order valence-corrected chi connectivity index (χ0v) is 27.9. The Morgan fingerprint density at radius 3 is 2.61 bits per heavy atom. The lowest BCUT2D eigenvalue weighted by molar-refractivity contribution is 0.0601. The molecule has 0 unspecified atom stereocenters. The number of carbonyl (C=O) groups is 1. The van der Waals surface area contributed by atoms with Crippen molar-refractivity contribution in [3.8, 4) is 5.88 Å². The van der Waals surface area contributed by atoms with Crippen LogP contribution in [0.3, 0.4) is 0 Å². The van der Waals surface area contributed by atoms with Gasteiger partial charge in [-0.2, -0.15) is 4.98 Å². The van der Waals surface area contributed by atoms with Gasteiger partial charge in [0.15, 0.2) is 0 Å². The SMILES string of the molecule is COC(=O)c1ccc(N2CCN(CC3=C(c4ccc(Cl)cc4)CC(C)(C)CC3)CC2)cc1N1C[C@@H](C)Oc2nc3[nH]ccc3cc21. The highest BCUT2D eigenvalue weighted by Crippen LogP contribution is 2.44. The second kappa shape index (κ2) is 12.3. The van der Waals surface area contributed by atoms with E-state index in [9.17, 15) is 4.79 Å². The molecule has 8 nitrogen and oxygen atoms in total. The molecule has 1 fully saturated rings. The van der Waals surface area contributed by atoms with E-state index in [0.29, 0.717) is 23.4 Å². The smallest absolute Gasteiger partial charge is 0.339 e. The third kappa shape index (κ3) is 6.08. The van der Waals surface area contributed by atoms with Crippen LogP contribution in [0.1, 0.15) is 56.0 Å². The minimum Gasteiger partial charge on any atom is -0.471 e. The summed E-state index contributed by atoms with van der Waals surface area (Å²) in [7, 11) is 1.43. The van der Waals surface area contributed by atoms with Crippen LogP contribution in [0.25, 0.3) is 16.6 Å². The summed E-state index contributed by atoms with van der Waals surface area (Å²) >= 11 is 6.23. The summed E-state index contributed by atoms with van der Waals surface area (Å²) in [4.78, 5) is 28.1. The Morgan fingerprint density at radius 2 is 1.85 bits per heavy atom.